The van der Waals surface area contributed by atoms with Crippen LogP contribution in [0.25, 0.3) is 27.4 Å². The molecule has 5 rings (SSSR count). The van der Waals surface area contributed by atoms with Gasteiger partial charge in [-0.25, -0.2) is 5.43 Å². The van der Waals surface area contributed by atoms with Crippen LogP contribution in [-0.2, 0) is 0 Å². The number of rotatable bonds is 4. The highest BCUT2D eigenvalue weighted by Crippen LogP contribution is 2.28. The van der Waals surface area contributed by atoms with E-state index in [0.717, 1.165) is 38.8 Å². The molecule has 0 aliphatic carbocycles. The average Bonchev–Trinajstić information content (AvgIpc) is 3.35. The summed E-state index contributed by atoms with van der Waals surface area (Å²) in [5.41, 5.74) is 7.45. The Hall–Kier alpha value is -4.12. The molecule has 0 saturated carbocycles. The number of furan rings is 1. The highest BCUT2D eigenvalue weighted by Gasteiger charge is 2.14. The molecule has 0 spiro atoms. The number of para-hydroxylation sites is 1. The van der Waals surface area contributed by atoms with Crippen LogP contribution in [-0.4, -0.2) is 16.7 Å². The number of aryl methyl sites for hydroxylation is 1. The highest BCUT2D eigenvalue weighted by molar-refractivity contribution is 6.08. The fourth-order valence-electron chi connectivity index (χ4n) is 4.01. The number of hydrogen-bond acceptors (Lipinski definition) is 3. The zero-order valence-corrected chi connectivity index (χ0v) is 17.3. The van der Waals surface area contributed by atoms with E-state index in [-0.39, 0.29) is 11.7 Å². The number of nitrogens with one attached hydrogen (secondary N) is 1. The zero-order valence-electron chi connectivity index (χ0n) is 17.3. The smallest absolute Gasteiger partial charge is 0.307 e. The van der Waals surface area contributed by atoms with Crippen molar-refractivity contribution in [3.05, 3.63) is 102 Å². The molecule has 5 aromatic rings. The Balaban J connectivity index is 1.38. The second-order valence-corrected chi connectivity index (χ2v) is 7.51. The van der Waals surface area contributed by atoms with E-state index in [1.807, 2.05) is 67.6 Å². The van der Waals surface area contributed by atoms with Crippen LogP contribution in [0.2, 0.25) is 0 Å². The van der Waals surface area contributed by atoms with E-state index < -0.39 is 0 Å². The van der Waals surface area contributed by atoms with Gasteiger partial charge in [0.2, 0.25) is 0 Å². The Labute approximate surface area is 179 Å². The minimum atomic E-state index is -0.381. The maximum Gasteiger partial charge on any atom is 0.307 e. The molecule has 5 heteroatoms. The number of nitrogens with zero attached hydrogens (tertiary/aromatic N) is 2. The van der Waals surface area contributed by atoms with Crippen molar-refractivity contribution in [2.45, 2.75) is 13.8 Å². The van der Waals surface area contributed by atoms with Gasteiger partial charge in [0.25, 0.3) is 0 Å². The monoisotopic (exact) mass is 407 g/mol. The van der Waals surface area contributed by atoms with Gasteiger partial charge >= 0.3 is 5.91 Å². The van der Waals surface area contributed by atoms with Gasteiger partial charge in [-0.15, -0.1) is 0 Å². The first-order valence-electron chi connectivity index (χ1n) is 10.1. The van der Waals surface area contributed by atoms with E-state index >= 15 is 0 Å². The zero-order chi connectivity index (χ0) is 21.4. The van der Waals surface area contributed by atoms with Gasteiger partial charge in [-0.2, -0.15) is 5.10 Å². The van der Waals surface area contributed by atoms with E-state index in [1.54, 1.807) is 12.3 Å². The fourth-order valence-corrected chi connectivity index (χ4v) is 4.01. The molecule has 1 amide bonds. The first-order chi connectivity index (χ1) is 15.1. The molecule has 2 aromatic heterocycles. The molecule has 31 heavy (non-hydrogen) atoms. The lowest BCUT2D eigenvalue weighted by Crippen LogP contribution is -2.16. The minimum absolute atomic E-state index is 0.235. The Bertz CT molecular complexity index is 1440. The summed E-state index contributed by atoms with van der Waals surface area (Å²) in [4.78, 5) is 12.6. The number of aromatic nitrogens is 1. The maximum atomic E-state index is 12.6. The van der Waals surface area contributed by atoms with Crippen molar-refractivity contribution < 1.29 is 9.21 Å². The lowest BCUT2D eigenvalue weighted by Gasteiger charge is -2.08. The van der Waals surface area contributed by atoms with E-state index in [9.17, 15) is 4.79 Å². The van der Waals surface area contributed by atoms with Crippen LogP contribution >= 0.6 is 0 Å². The third-order valence-electron chi connectivity index (χ3n) is 5.50. The third kappa shape index (κ3) is 3.40. The lowest BCUT2D eigenvalue weighted by atomic mass is 10.1. The first-order valence-corrected chi connectivity index (χ1v) is 10.1. The van der Waals surface area contributed by atoms with Crippen LogP contribution in [0, 0.1) is 13.8 Å². The molecule has 1 N–H and O–H groups in total. The fraction of sp³-hybridized carbons (Fsp3) is 0.0769. The van der Waals surface area contributed by atoms with Crippen molar-refractivity contribution >= 4 is 33.9 Å². The molecule has 0 aliphatic heterocycles. The molecule has 5 nitrogen and oxygen atoms in total. The molecule has 0 atom stereocenters. The molecular weight excluding hydrogens is 386 g/mol. The lowest BCUT2D eigenvalue weighted by molar-refractivity contribution is 0.0929. The van der Waals surface area contributed by atoms with E-state index in [2.05, 4.69) is 34.2 Å². The minimum Gasteiger partial charge on any atom is -0.451 e. The standard InChI is InChI=1S/C26H21N3O2/c1-17-14-20(18(2)29(17)21-9-4-3-5-10-21)16-27-28-26(30)25-15-23-22-11-7-6-8-19(22)12-13-24(23)31-25/h3-16H,1-2H3,(H,28,30)/b27-16-. The largest absolute Gasteiger partial charge is 0.451 e. The van der Waals surface area contributed by atoms with E-state index in [4.69, 9.17) is 4.42 Å². The number of carbonyl (C=O) groups excluding carboxylic acids is 1. The van der Waals surface area contributed by atoms with Crippen molar-refractivity contribution in [1.29, 1.82) is 0 Å². The van der Waals surface area contributed by atoms with Crippen molar-refractivity contribution in [2.24, 2.45) is 5.10 Å². The summed E-state index contributed by atoms with van der Waals surface area (Å²) >= 11 is 0. The van der Waals surface area contributed by atoms with Gasteiger partial charge < -0.3 is 8.98 Å². The number of amides is 1. The predicted molar refractivity (Wildman–Crippen MR) is 124 cm³/mol. The Morgan fingerprint density at radius 1 is 0.935 bits per heavy atom. The van der Waals surface area contributed by atoms with Crippen LogP contribution in [0.4, 0.5) is 0 Å². The summed E-state index contributed by atoms with van der Waals surface area (Å²) in [6.45, 7) is 4.09. The number of carbonyl (C=O) groups is 1. The van der Waals surface area contributed by atoms with E-state index in [1.165, 1.54) is 0 Å². The summed E-state index contributed by atoms with van der Waals surface area (Å²) in [7, 11) is 0. The first kappa shape index (κ1) is 18.9. The van der Waals surface area contributed by atoms with Crippen LogP contribution in [0.15, 0.2) is 88.4 Å². The quantitative estimate of drug-likeness (QED) is 0.304. The molecule has 0 bridgehead atoms. The number of benzene rings is 3. The number of hydrogen-bond donors (Lipinski definition) is 1. The summed E-state index contributed by atoms with van der Waals surface area (Å²) in [5, 5.41) is 7.24. The van der Waals surface area contributed by atoms with Crippen molar-refractivity contribution in [2.75, 3.05) is 0 Å². The van der Waals surface area contributed by atoms with E-state index in [0.29, 0.717) is 5.58 Å². The Kier molecular flexibility index (Phi) is 4.64. The Morgan fingerprint density at radius 3 is 2.55 bits per heavy atom. The highest BCUT2D eigenvalue weighted by atomic mass is 16.3. The van der Waals surface area contributed by atoms with Crippen molar-refractivity contribution in [1.82, 2.24) is 9.99 Å². The predicted octanol–water partition coefficient (Wildman–Crippen LogP) is 5.76. The van der Waals surface area contributed by atoms with Gasteiger partial charge in [0.05, 0.1) is 6.21 Å². The van der Waals surface area contributed by atoms with Gasteiger partial charge in [-0.05, 0) is 55.0 Å². The number of hydrazone groups is 1. The molecule has 0 fully saturated rings. The summed E-state index contributed by atoms with van der Waals surface area (Å²) in [5.74, 6) is -0.147. The molecular formula is C26H21N3O2. The average molecular weight is 407 g/mol. The normalized spacial score (nSPS) is 11.5. The molecule has 0 saturated heterocycles. The molecule has 0 aliphatic rings. The molecule has 0 unspecified atom stereocenters. The summed E-state index contributed by atoms with van der Waals surface area (Å²) in [6.07, 6.45) is 1.66. The Morgan fingerprint density at radius 2 is 1.71 bits per heavy atom. The van der Waals surface area contributed by atoms with Gasteiger partial charge in [0, 0.05) is 28.0 Å². The van der Waals surface area contributed by atoms with Crippen LogP contribution in [0.5, 0.6) is 0 Å². The van der Waals surface area contributed by atoms with Gasteiger partial charge in [0.1, 0.15) is 5.58 Å². The molecule has 0 radical (unpaired) electrons. The second-order valence-electron chi connectivity index (χ2n) is 7.51. The SMILES string of the molecule is Cc1cc(/C=N\NC(=O)c2cc3c(ccc4ccccc43)o2)c(C)n1-c1ccccc1. The van der Waals surface area contributed by atoms with Crippen LogP contribution in [0.1, 0.15) is 27.5 Å². The van der Waals surface area contributed by atoms with Gasteiger partial charge in [-0.3, -0.25) is 4.79 Å². The van der Waals surface area contributed by atoms with Crippen molar-refractivity contribution in [3.8, 4) is 5.69 Å². The van der Waals surface area contributed by atoms with Crippen molar-refractivity contribution in [3.63, 3.8) is 0 Å². The molecule has 3 aromatic carbocycles. The summed E-state index contributed by atoms with van der Waals surface area (Å²) in [6, 6.07) is 25.9. The van der Waals surface area contributed by atoms with Crippen LogP contribution in [0.3, 0.4) is 0 Å². The summed E-state index contributed by atoms with van der Waals surface area (Å²) < 4.78 is 7.92. The second kappa shape index (κ2) is 7.61. The molecule has 152 valence electrons. The maximum absolute atomic E-state index is 12.6. The third-order valence-corrected chi connectivity index (χ3v) is 5.50. The number of fused-ring (bicyclic) bond motifs is 3. The van der Waals surface area contributed by atoms with Gasteiger partial charge in [0.15, 0.2) is 5.76 Å². The van der Waals surface area contributed by atoms with Gasteiger partial charge in [-0.1, -0.05) is 48.5 Å². The van der Waals surface area contributed by atoms with Crippen LogP contribution < -0.4 is 5.43 Å². The topological polar surface area (TPSA) is 59.5 Å². The molecule has 2 heterocycles.